The third-order valence-electron chi connectivity index (χ3n) is 4.83. The summed E-state index contributed by atoms with van der Waals surface area (Å²) in [7, 11) is 3.32. The molecule has 2 aromatic carbocycles. The van der Waals surface area contributed by atoms with Crippen molar-refractivity contribution in [2.24, 2.45) is 0 Å². The number of fused-ring (bicyclic) bond motifs is 1. The van der Waals surface area contributed by atoms with Crippen LogP contribution in [0.2, 0.25) is 0 Å². The molecule has 0 fully saturated rings. The van der Waals surface area contributed by atoms with E-state index in [0.29, 0.717) is 6.54 Å². The Labute approximate surface area is 143 Å². The second-order valence-corrected chi connectivity index (χ2v) is 6.14. The fourth-order valence-corrected chi connectivity index (χ4v) is 3.59. The maximum Gasteiger partial charge on any atom is 0.161 e. The summed E-state index contributed by atoms with van der Waals surface area (Å²) >= 11 is 0. The molecule has 0 N–H and O–H groups in total. The van der Waals surface area contributed by atoms with E-state index in [4.69, 9.17) is 9.47 Å². The van der Waals surface area contributed by atoms with Crippen molar-refractivity contribution in [1.82, 2.24) is 4.90 Å². The predicted molar refractivity (Wildman–Crippen MR) is 93.1 cm³/mol. The van der Waals surface area contributed by atoms with Crippen LogP contribution in [0.1, 0.15) is 36.1 Å². The van der Waals surface area contributed by atoms with Gasteiger partial charge in [0.2, 0.25) is 0 Å². The lowest BCUT2D eigenvalue weighted by atomic mass is 9.90. The minimum atomic E-state index is -0.134. The highest BCUT2D eigenvalue weighted by Crippen LogP contribution is 2.39. The molecule has 1 aliphatic rings. The van der Waals surface area contributed by atoms with Crippen molar-refractivity contribution in [1.29, 1.82) is 0 Å². The molecule has 3 nitrogen and oxygen atoms in total. The average Bonchev–Trinajstić information content (AvgIpc) is 2.62. The average molecular weight is 329 g/mol. The van der Waals surface area contributed by atoms with E-state index < -0.39 is 0 Å². The van der Waals surface area contributed by atoms with Crippen LogP contribution in [0.15, 0.2) is 36.4 Å². The predicted octanol–water partition coefficient (Wildman–Crippen LogP) is 4.35. The van der Waals surface area contributed by atoms with E-state index in [2.05, 4.69) is 24.0 Å². The lowest BCUT2D eigenvalue weighted by molar-refractivity contribution is 0.168. The lowest BCUT2D eigenvalue weighted by Crippen LogP contribution is -2.35. The van der Waals surface area contributed by atoms with E-state index in [0.717, 1.165) is 36.4 Å². The van der Waals surface area contributed by atoms with Gasteiger partial charge in [0, 0.05) is 24.7 Å². The minimum absolute atomic E-state index is 0.134. The summed E-state index contributed by atoms with van der Waals surface area (Å²) in [5.74, 6) is 1.39. The van der Waals surface area contributed by atoms with Crippen LogP contribution in [-0.4, -0.2) is 25.7 Å². The standard InChI is InChI=1S/C20H24FNO2/c1-4-18-16-12-20(24-3)19(23-2)11-14(16)9-10-22(18)13-15-7-5-6-8-17(15)21/h5-8,11-12,18H,4,9-10,13H2,1-3H3. The number of hydrogen-bond donors (Lipinski definition) is 0. The Balaban J connectivity index is 1.93. The fourth-order valence-electron chi connectivity index (χ4n) is 3.59. The van der Waals surface area contributed by atoms with Crippen molar-refractivity contribution >= 4 is 0 Å². The summed E-state index contributed by atoms with van der Waals surface area (Å²) in [6.45, 7) is 3.71. The third-order valence-corrected chi connectivity index (χ3v) is 4.83. The molecule has 0 radical (unpaired) electrons. The van der Waals surface area contributed by atoms with Gasteiger partial charge in [-0.25, -0.2) is 4.39 Å². The summed E-state index contributed by atoms with van der Waals surface area (Å²) in [5.41, 5.74) is 3.31. The molecule has 2 aromatic rings. The number of ether oxygens (including phenoxy) is 2. The van der Waals surface area contributed by atoms with Gasteiger partial charge in [-0.3, -0.25) is 4.90 Å². The van der Waals surface area contributed by atoms with Crippen LogP contribution in [0.25, 0.3) is 0 Å². The van der Waals surface area contributed by atoms with Crippen molar-refractivity contribution in [2.75, 3.05) is 20.8 Å². The van der Waals surface area contributed by atoms with Gasteiger partial charge >= 0.3 is 0 Å². The van der Waals surface area contributed by atoms with Gasteiger partial charge in [-0.05, 0) is 42.2 Å². The van der Waals surface area contributed by atoms with Crippen LogP contribution in [0, 0.1) is 5.82 Å². The van der Waals surface area contributed by atoms with Gasteiger partial charge in [-0.1, -0.05) is 25.1 Å². The highest BCUT2D eigenvalue weighted by molar-refractivity contribution is 5.49. The second-order valence-electron chi connectivity index (χ2n) is 6.14. The first-order chi connectivity index (χ1) is 11.7. The first kappa shape index (κ1) is 16.8. The SMILES string of the molecule is CCC1c2cc(OC)c(OC)cc2CCN1Cc1ccccc1F. The Bertz CT molecular complexity index is 717. The topological polar surface area (TPSA) is 21.7 Å². The molecule has 4 heteroatoms. The number of methoxy groups -OCH3 is 2. The normalized spacial score (nSPS) is 17.4. The van der Waals surface area contributed by atoms with E-state index in [9.17, 15) is 4.39 Å². The van der Waals surface area contributed by atoms with E-state index >= 15 is 0 Å². The molecule has 0 amide bonds. The number of hydrogen-bond acceptors (Lipinski definition) is 3. The molecule has 0 aliphatic carbocycles. The number of benzene rings is 2. The van der Waals surface area contributed by atoms with Crippen molar-refractivity contribution < 1.29 is 13.9 Å². The van der Waals surface area contributed by atoms with Gasteiger partial charge in [0.15, 0.2) is 11.5 Å². The van der Waals surface area contributed by atoms with Gasteiger partial charge in [0.1, 0.15) is 5.82 Å². The van der Waals surface area contributed by atoms with Gasteiger partial charge in [-0.2, -0.15) is 0 Å². The summed E-state index contributed by atoms with van der Waals surface area (Å²) in [6, 6.07) is 11.4. The highest BCUT2D eigenvalue weighted by atomic mass is 19.1. The lowest BCUT2D eigenvalue weighted by Gasteiger charge is -2.37. The zero-order valence-electron chi connectivity index (χ0n) is 14.5. The van der Waals surface area contributed by atoms with Crippen LogP contribution >= 0.6 is 0 Å². The maximum atomic E-state index is 14.0. The van der Waals surface area contributed by atoms with Crippen molar-refractivity contribution in [3.63, 3.8) is 0 Å². The Hall–Kier alpha value is -2.07. The number of nitrogens with zero attached hydrogens (tertiary/aromatic N) is 1. The van der Waals surface area contributed by atoms with Crippen LogP contribution in [0.3, 0.4) is 0 Å². The molecule has 0 aromatic heterocycles. The van der Waals surface area contributed by atoms with E-state index in [-0.39, 0.29) is 11.9 Å². The zero-order valence-corrected chi connectivity index (χ0v) is 14.5. The molecule has 0 saturated carbocycles. The molecule has 1 heterocycles. The smallest absolute Gasteiger partial charge is 0.161 e. The number of halogens is 1. The van der Waals surface area contributed by atoms with Gasteiger partial charge in [0.25, 0.3) is 0 Å². The van der Waals surface area contributed by atoms with Crippen molar-refractivity contribution in [3.05, 3.63) is 58.9 Å². The molecule has 1 unspecified atom stereocenters. The minimum Gasteiger partial charge on any atom is -0.493 e. The van der Waals surface area contributed by atoms with Crippen LogP contribution < -0.4 is 9.47 Å². The van der Waals surface area contributed by atoms with Crippen molar-refractivity contribution in [2.45, 2.75) is 32.4 Å². The monoisotopic (exact) mass is 329 g/mol. The van der Waals surface area contributed by atoms with Crippen LogP contribution in [-0.2, 0) is 13.0 Å². The molecule has 24 heavy (non-hydrogen) atoms. The summed E-state index contributed by atoms with van der Waals surface area (Å²) in [4.78, 5) is 2.35. The number of rotatable bonds is 5. The van der Waals surface area contributed by atoms with Crippen LogP contribution in [0.4, 0.5) is 4.39 Å². The van der Waals surface area contributed by atoms with Gasteiger partial charge in [-0.15, -0.1) is 0 Å². The zero-order chi connectivity index (χ0) is 17.1. The largest absolute Gasteiger partial charge is 0.493 e. The third kappa shape index (κ3) is 3.11. The molecule has 3 rings (SSSR count). The first-order valence-corrected chi connectivity index (χ1v) is 8.40. The quantitative estimate of drug-likeness (QED) is 0.814. The van der Waals surface area contributed by atoms with E-state index in [1.54, 1.807) is 20.3 Å². The molecule has 1 atom stereocenters. The Morgan fingerprint density at radius 3 is 2.50 bits per heavy atom. The van der Waals surface area contributed by atoms with Gasteiger partial charge in [0.05, 0.1) is 14.2 Å². The van der Waals surface area contributed by atoms with Crippen molar-refractivity contribution in [3.8, 4) is 11.5 Å². The molecular formula is C20H24FNO2. The summed E-state index contributed by atoms with van der Waals surface area (Å²) in [5, 5.41) is 0. The Morgan fingerprint density at radius 2 is 1.83 bits per heavy atom. The Kier molecular flexibility index (Phi) is 5.05. The molecular weight excluding hydrogens is 305 g/mol. The second kappa shape index (κ2) is 7.22. The maximum absolute atomic E-state index is 14.0. The van der Waals surface area contributed by atoms with Gasteiger partial charge < -0.3 is 9.47 Å². The molecule has 1 aliphatic heterocycles. The summed E-state index contributed by atoms with van der Waals surface area (Å²) < 4.78 is 24.9. The highest BCUT2D eigenvalue weighted by Gasteiger charge is 2.28. The van der Waals surface area contributed by atoms with E-state index in [1.807, 2.05) is 12.1 Å². The molecule has 0 bridgehead atoms. The summed E-state index contributed by atoms with van der Waals surface area (Å²) in [6.07, 6.45) is 1.90. The molecule has 0 spiro atoms. The molecule has 0 saturated heterocycles. The molecule has 128 valence electrons. The fraction of sp³-hybridized carbons (Fsp3) is 0.400. The van der Waals surface area contributed by atoms with E-state index in [1.165, 1.54) is 17.2 Å². The van der Waals surface area contributed by atoms with Crippen LogP contribution in [0.5, 0.6) is 11.5 Å². The first-order valence-electron chi connectivity index (χ1n) is 8.40. The Morgan fingerprint density at radius 1 is 1.12 bits per heavy atom.